The average Bonchev–Trinajstić information content (AvgIpc) is 3.26. The van der Waals surface area contributed by atoms with E-state index in [1.165, 1.54) is 0 Å². The molecule has 0 spiro atoms. The maximum atomic E-state index is 15.4. The number of Topliss-reactive ketones (excluding diaryl/α,β-unsaturated/α-hetero) is 1. The summed E-state index contributed by atoms with van der Waals surface area (Å²) in [6, 6.07) is 12.6. The van der Waals surface area contributed by atoms with E-state index in [-0.39, 0.29) is 5.78 Å². The molecular formula is C38H14BF20NO2S. The van der Waals surface area contributed by atoms with Crippen molar-refractivity contribution in [2.24, 2.45) is 0 Å². The van der Waals surface area contributed by atoms with Gasteiger partial charge in [0.2, 0.25) is 12.3 Å². The van der Waals surface area contributed by atoms with Gasteiger partial charge in [0.15, 0.2) is 82.2 Å². The third-order valence-electron chi connectivity index (χ3n) is 9.32. The molecule has 0 radical (unpaired) electrons. The van der Waals surface area contributed by atoms with Crippen LogP contribution in [0.5, 0.6) is 0 Å². The Labute approximate surface area is 340 Å². The number of halogens is 20. The molecule has 1 aromatic heterocycles. The highest BCUT2D eigenvalue weighted by Crippen LogP contribution is 2.30. The number of benzene rings is 5. The topological polar surface area (TPSA) is 38.0 Å². The summed E-state index contributed by atoms with van der Waals surface area (Å²) in [6.07, 6.45) is -1.89. The van der Waals surface area contributed by atoms with Gasteiger partial charge in [0.25, 0.3) is 0 Å². The molecule has 0 saturated carbocycles. The summed E-state index contributed by atoms with van der Waals surface area (Å²) in [5, 5.41) is 0. The average molecular weight is 939 g/mol. The second-order valence-electron chi connectivity index (χ2n) is 12.7. The highest BCUT2D eigenvalue weighted by molar-refractivity contribution is 7.84. The first-order valence-electron chi connectivity index (χ1n) is 16.5. The van der Waals surface area contributed by atoms with Gasteiger partial charge in [-0.3, -0.25) is 9.00 Å². The monoisotopic (exact) mass is 939 g/mol. The Morgan fingerprint density at radius 3 is 0.889 bits per heavy atom. The summed E-state index contributed by atoms with van der Waals surface area (Å²) in [7, 11) is -1.00. The first-order valence-corrected chi connectivity index (χ1v) is 18.1. The Morgan fingerprint density at radius 1 is 0.413 bits per heavy atom. The lowest BCUT2D eigenvalue weighted by Crippen LogP contribution is -2.81. The standard InChI is InChI=1S/C24BF20.C14H14NO2S/c26-5-1(6(27)14(35)21(42)13(5)34)25(2-7(28)15(36)22(43)16(37)8(2)29,3-9(30)17(38)23(44)18(39)10(3)31)4-11(32)19(40)24(45)20(41)12(4)33;1-18(17)13-7-5-12(6-8-13)14(16)11-15-9-3-2-4-10-15/h;2-10H,11H2,1H3/q-1;+1. The maximum absolute atomic E-state index is 15.4. The van der Waals surface area contributed by atoms with Gasteiger partial charge in [-0.1, -0.05) is 6.07 Å². The molecule has 0 aliphatic heterocycles. The molecule has 0 N–H and O–H groups in total. The minimum absolute atomic E-state index is 0.0413. The summed E-state index contributed by atoms with van der Waals surface area (Å²) in [5.41, 5.74) is -13.7. The van der Waals surface area contributed by atoms with Crippen molar-refractivity contribution in [1.82, 2.24) is 0 Å². The molecule has 63 heavy (non-hydrogen) atoms. The van der Waals surface area contributed by atoms with Crippen molar-refractivity contribution in [3.05, 3.63) is 177 Å². The molecule has 0 bridgehead atoms. The number of rotatable bonds is 8. The number of hydrogen-bond donors (Lipinski definition) is 0. The van der Waals surface area contributed by atoms with Crippen LogP contribution in [0.3, 0.4) is 0 Å². The Bertz CT molecular complexity index is 2480. The van der Waals surface area contributed by atoms with Crippen LogP contribution in [0.15, 0.2) is 59.8 Å². The normalized spacial score (nSPS) is 12.0. The molecule has 5 aromatic carbocycles. The summed E-state index contributed by atoms with van der Waals surface area (Å²) in [5.74, 6) is -71.4. The van der Waals surface area contributed by atoms with E-state index >= 15 is 35.1 Å². The van der Waals surface area contributed by atoms with E-state index in [2.05, 4.69) is 0 Å². The van der Waals surface area contributed by atoms with Gasteiger partial charge >= 0.3 is 0 Å². The van der Waals surface area contributed by atoms with Crippen molar-refractivity contribution in [2.75, 3.05) is 6.26 Å². The van der Waals surface area contributed by atoms with Crippen LogP contribution in [-0.4, -0.2) is 22.4 Å². The fourth-order valence-corrected chi connectivity index (χ4v) is 7.02. The molecular weight excluding hydrogens is 925 g/mol. The highest BCUT2D eigenvalue weighted by Gasteiger charge is 2.52. The Hall–Kier alpha value is -6.27. The Kier molecular flexibility index (Phi) is 13.5. The smallest absolute Gasteiger partial charge is 0.227 e. The van der Waals surface area contributed by atoms with Gasteiger partial charge in [-0.15, -0.1) is 21.9 Å². The summed E-state index contributed by atoms with van der Waals surface area (Å²) in [4.78, 5) is 12.7. The van der Waals surface area contributed by atoms with Crippen molar-refractivity contribution < 1.29 is 101 Å². The van der Waals surface area contributed by atoms with Crippen LogP contribution >= 0.6 is 0 Å². The van der Waals surface area contributed by atoms with Crippen molar-refractivity contribution in [1.29, 1.82) is 0 Å². The van der Waals surface area contributed by atoms with Gasteiger partial charge in [0.05, 0.1) is 0 Å². The van der Waals surface area contributed by atoms with Crippen molar-refractivity contribution in [2.45, 2.75) is 11.4 Å². The molecule has 1 atom stereocenters. The van der Waals surface area contributed by atoms with Gasteiger partial charge < -0.3 is 0 Å². The van der Waals surface area contributed by atoms with E-state index in [1.807, 2.05) is 35.2 Å². The van der Waals surface area contributed by atoms with Crippen LogP contribution in [0, 0.1) is 116 Å². The molecule has 25 heteroatoms. The number of aromatic nitrogens is 1. The zero-order valence-electron chi connectivity index (χ0n) is 30.2. The predicted octanol–water partition coefficient (Wildman–Crippen LogP) is 7.44. The van der Waals surface area contributed by atoms with E-state index in [9.17, 15) is 61.7 Å². The van der Waals surface area contributed by atoms with Gasteiger partial charge in [-0.2, -0.15) is 4.57 Å². The zero-order chi connectivity index (χ0) is 47.3. The summed E-state index contributed by atoms with van der Waals surface area (Å²) in [6.45, 7) is 0.315. The first kappa shape index (κ1) is 47.8. The fraction of sp³-hybridized carbons (Fsp3) is 0.0526. The van der Waals surface area contributed by atoms with Crippen molar-refractivity contribution >= 4 is 44.6 Å². The van der Waals surface area contributed by atoms with Gasteiger partial charge in [0.1, 0.15) is 52.7 Å². The molecule has 0 amide bonds. The molecule has 0 aliphatic carbocycles. The first-order chi connectivity index (χ1) is 29.4. The van der Waals surface area contributed by atoms with E-state index in [4.69, 9.17) is 0 Å². The second-order valence-corrected chi connectivity index (χ2v) is 14.1. The second kappa shape index (κ2) is 17.8. The van der Waals surface area contributed by atoms with Crippen molar-refractivity contribution in [3.8, 4) is 0 Å². The molecule has 332 valence electrons. The molecule has 0 aliphatic rings. The van der Waals surface area contributed by atoms with Gasteiger partial charge in [-0.25, -0.2) is 87.8 Å². The van der Waals surface area contributed by atoms with Gasteiger partial charge in [-0.05, 0) is 24.3 Å². The van der Waals surface area contributed by atoms with Gasteiger partial charge in [0, 0.05) is 39.6 Å². The molecule has 0 saturated heterocycles. The minimum Gasteiger partial charge on any atom is -0.287 e. The lowest BCUT2D eigenvalue weighted by atomic mass is 9.12. The number of nitrogens with zero attached hydrogens (tertiary/aromatic N) is 1. The maximum Gasteiger partial charge on any atom is 0.227 e. The molecule has 1 heterocycles. The molecule has 0 fully saturated rings. The largest absolute Gasteiger partial charge is 0.287 e. The molecule has 3 nitrogen and oxygen atoms in total. The highest BCUT2D eigenvalue weighted by atomic mass is 32.2. The van der Waals surface area contributed by atoms with Crippen molar-refractivity contribution in [3.63, 3.8) is 0 Å². The molecule has 1 unspecified atom stereocenters. The van der Waals surface area contributed by atoms with Crippen LogP contribution in [-0.2, 0) is 17.3 Å². The lowest BCUT2D eigenvalue weighted by Gasteiger charge is -2.44. The minimum atomic E-state index is -7.22. The van der Waals surface area contributed by atoms with Crippen LogP contribution in [0.4, 0.5) is 87.8 Å². The van der Waals surface area contributed by atoms with Crippen LogP contribution in [0.2, 0.25) is 0 Å². The zero-order valence-corrected chi connectivity index (χ0v) is 31.0. The Balaban J connectivity index is 0.000000345. The van der Waals surface area contributed by atoms with E-state index < -0.39 is 155 Å². The quantitative estimate of drug-likeness (QED) is 0.0398. The molecule has 6 rings (SSSR count). The predicted molar refractivity (Wildman–Crippen MR) is 179 cm³/mol. The fourth-order valence-electron chi connectivity index (χ4n) is 6.50. The number of carbonyl (C=O) groups is 1. The SMILES string of the molecule is CS(=O)c1ccc(C(=O)C[n+]2ccccc2)cc1.Fc1c(F)c(F)c([B-](c2c(F)c(F)c(F)c(F)c2F)(c2c(F)c(F)c(F)c(F)c2F)c2c(F)c(F)c(F)c(F)c2F)c(F)c1F. The lowest BCUT2D eigenvalue weighted by molar-refractivity contribution is -0.683. The third-order valence-corrected chi connectivity index (χ3v) is 10.3. The van der Waals surface area contributed by atoms with E-state index in [0.29, 0.717) is 12.1 Å². The number of carbonyl (C=O) groups excluding carboxylic acids is 1. The van der Waals surface area contributed by atoms with Crippen LogP contribution in [0.1, 0.15) is 10.4 Å². The summed E-state index contributed by atoms with van der Waals surface area (Å²) < 4.78 is 307. The number of ketones is 1. The van der Waals surface area contributed by atoms with Crippen LogP contribution < -0.4 is 26.4 Å². The Morgan fingerprint density at radius 2 is 0.651 bits per heavy atom. The summed E-state index contributed by atoms with van der Waals surface area (Å²) >= 11 is 0. The van der Waals surface area contributed by atoms with Crippen LogP contribution in [0.25, 0.3) is 0 Å². The third kappa shape index (κ3) is 7.79. The number of hydrogen-bond acceptors (Lipinski definition) is 2. The van der Waals surface area contributed by atoms with E-state index in [1.54, 1.807) is 30.5 Å². The number of pyridine rings is 1. The molecule has 6 aromatic rings. The van der Waals surface area contributed by atoms with E-state index in [0.717, 1.165) is 4.90 Å².